The van der Waals surface area contributed by atoms with Crippen LogP contribution in [0.3, 0.4) is 0 Å². The largest absolute Gasteiger partial charge is 0.333 e. The van der Waals surface area contributed by atoms with Gasteiger partial charge in [-0.05, 0) is 17.7 Å². The molecule has 0 aromatic carbocycles. The molecule has 72 valence electrons. The Morgan fingerprint density at radius 3 is 3.00 bits per heavy atom. The van der Waals surface area contributed by atoms with E-state index in [9.17, 15) is 0 Å². The van der Waals surface area contributed by atoms with Crippen LogP contribution in [-0.2, 0) is 13.1 Å². The second-order valence-corrected chi connectivity index (χ2v) is 3.09. The van der Waals surface area contributed by atoms with Crippen molar-refractivity contribution in [2.75, 3.05) is 0 Å². The van der Waals surface area contributed by atoms with Gasteiger partial charge in [0.15, 0.2) is 0 Å². The van der Waals surface area contributed by atoms with Gasteiger partial charge in [-0.3, -0.25) is 4.98 Å². The first-order valence-corrected chi connectivity index (χ1v) is 4.48. The van der Waals surface area contributed by atoms with E-state index in [4.69, 9.17) is 5.73 Å². The van der Waals surface area contributed by atoms with Crippen LogP contribution in [-0.4, -0.2) is 14.5 Å². The lowest BCUT2D eigenvalue weighted by atomic mass is 10.2. The average molecular weight is 188 g/mol. The normalized spacial score (nSPS) is 10.4. The van der Waals surface area contributed by atoms with Gasteiger partial charge in [-0.25, -0.2) is 4.98 Å². The van der Waals surface area contributed by atoms with E-state index in [-0.39, 0.29) is 0 Å². The zero-order chi connectivity index (χ0) is 9.80. The van der Waals surface area contributed by atoms with Crippen LogP contribution in [0.2, 0.25) is 0 Å². The molecule has 4 nitrogen and oxygen atoms in total. The summed E-state index contributed by atoms with van der Waals surface area (Å²) in [6, 6.07) is 4.00. The van der Waals surface area contributed by atoms with E-state index in [0.717, 1.165) is 12.2 Å². The van der Waals surface area contributed by atoms with E-state index in [1.165, 1.54) is 5.56 Å². The molecule has 2 N–H and O–H groups in total. The molecule has 0 aliphatic rings. The van der Waals surface area contributed by atoms with Crippen LogP contribution >= 0.6 is 0 Å². The summed E-state index contributed by atoms with van der Waals surface area (Å²) in [4.78, 5) is 8.12. The molecule has 0 atom stereocenters. The molecule has 0 spiro atoms. The molecule has 2 aromatic heterocycles. The van der Waals surface area contributed by atoms with Gasteiger partial charge >= 0.3 is 0 Å². The molecule has 0 unspecified atom stereocenters. The average Bonchev–Trinajstić information content (AvgIpc) is 2.71. The van der Waals surface area contributed by atoms with Gasteiger partial charge in [-0.2, -0.15) is 0 Å². The molecule has 0 bridgehead atoms. The predicted octanol–water partition coefficient (Wildman–Crippen LogP) is 0.785. The topological polar surface area (TPSA) is 56.7 Å². The van der Waals surface area contributed by atoms with Crippen LogP contribution < -0.4 is 5.73 Å². The van der Waals surface area contributed by atoms with Gasteiger partial charge in [0.25, 0.3) is 0 Å². The van der Waals surface area contributed by atoms with Gasteiger partial charge in [0.1, 0.15) is 0 Å². The second-order valence-electron chi connectivity index (χ2n) is 3.09. The summed E-state index contributed by atoms with van der Waals surface area (Å²) in [5.74, 6) is 0. The van der Waals surface area contributed by atoms with Crippen molar-refractivity contribution in [2.45, 2.75) is 13.1 Å². The molecule has 0 fully saturated rings. The Hall–Kier alpha value is -1.68. The van der Waals surface area contributed by atoms with Gasteiger partial charge in [0, 0.05) is 31.7 Å². The first-order valence-electron chi connectivity index (χ1n) is 4.48. The van der Waals surface area contributed by atoms with Crippen molar-refractivity contribution in [3.05, 3.63) is 48.3 Å². The van der Waals surface area contributed by atoms with E-state index in [0.29, 0.717) is 6.54 Å². The zero-order valence-electron chi connectivity index (χ0n) is 7.80. The zero-order valence-corrected chi connectivity index (χ0v) is 7.80. The minimum absolute atomic E-state index is 0.484. The molecule has 0 saturated heterocycles. The molecule has 2 heterocycles. The first-order chi connectivity index (χ1) is 6.88. The molecule has 0 saturated carbocycles. The number of hydrogen-bond donors (Lipinski definition) is 1. The second kappa shape index (κ2) is 4.02. The van der Waals surface area contributed by atoms with E-state index in [1.807, 2.05) is 22.9 Å². The summed E-state index contributed by atoms with van der Waals surface area (Å²) in [6.07, 6.45) is 7.28. The number of rotatable bonds is 3. The quantitative estimate of drug-likeness (QED) is 0.774. The predicted molar refractivity (Wildman–Crippen MR) is 53.5 cm³/mol. The summed E-state index contributed by atoms with van der Waals surface area (Å²) < 4.78 is 2.01. The van der Waals surface area contributed by atoms with Crippen molar-refractivity contribution >= 4 is 0 Å². The third-order valence-electron chi connectivity index (χ3n) is 2.01. The Balaban J connectivity index is 2.17. The summed E-state index contributed by atoms with van der Waals surface area (Å²) in [5, 5.41) is 0. The molecule has 0 radical (unpaired) electrons. The van der Waals surface area contributed by atoms with Gasteiger partial charge in [-0.1, -0.05) is 0 Å². The highest BCUT2D eigenvalue weighted by Gasteiger charge is 1.96. The summed E-state index contributed by atoms with van der Waals surface area (Å²) in [7, 11) is 0. The fourth-order valence-corrected chi connectivity index (χ4v) is 1.33. The van der Waals surface area contributed by atoms with Crippen LogP contribution in [0.5, 0.6) is 0 Å². The SMILES string of the molecule is NCc1cc(Cn2ccnc2)ccn1. The van der Waals surface area contributed by atoms with E-state index in [1.54, 1.807) is 18.7 Å². The molecular formula is C10H12N4. The van der Waals surface area contributed by atoms with Crippen LogP contribution in [0.4, 0.5) is 0 Å². The summed E-state index contributed by atoms with van der Waals surface area (Å²) in [6.45, 7) is 1.30. The van der Waals surface area contributed by atoms with Crippen molar-refractivity contribution in [3.63, 3.8) is 0 Å². The number of nitrogens with two attached hydrogens (primary N) is 1. The smallest absolute Gasteiger partial charge is 0.0949 e. The highest BCUT2D eigenvalue weighted by molar-refractivity contribution is 5.16. The molecule has 2 rings (SSSR count). The van der Waals surface area contributed by atoms with Crippen LogP contribution in [0.1, 0.15) is 11.3 Å². The van der Waals surface area contributed by atoms with E-state index in [2.05, 4.69) is 9.97 Å². The maximum Gasteiger partial charge on any atom is 0.0949 e. The molecule has 0 aliphatic heterocycles. The third kappa shape index (κ3) is 1.97. The monoisotopic (exact) mass is 188 g/mol. The minimum Gasteiger partial charge on any atom is -0.333 e. The number of pyridine rings is 1. The number of nitrogens with zero attached hydrogens (tertiary/aromatic N) is 3. The van der Waals surface area contributed by atoms with Gasteiger partial charge in [-0.15, -0.1) is 0 Å². The first kappa shape index (κ1) is 8.90. The Morgan fingerprint density at radius 2 is 2.29 bits per heavy atom. The number of hydrogen-bond acceptors (Lipinski definition) is 3. The fourth-order valence-electron chi connectivity index (χ4n) is 1.33. The van der Waals surface area contributed by atoms with Crippen molar-refractivity contribution in [1.82, 2.24) is 14.5 Å². The lowest BCUT2D eigenvalue weighted by Crippen LogP contribution is -2.02. The van der Waals surface area contributed by atoms with Crippen LogP contribution in [0.25, 0.3) is 0 Å². The minimum atomic E-state index is 0.484. The lowest BCUT2D eigenvalue weighted by Gasteiger charge is -2.03. The lowest BCUT2D eigenvalue weighted by molar-refractivity contribution is 0.791. The molecule has 0 aliphatic carbocycles. The van der Waals surface area contributed by atoms with E-state index >= 15 is 0 Å². The molecule has 2 aromatic rings. The summed E-state index contributed by atoms with van der Waals surface area (Å²) in [5.41, 5.74) is 7.62. The number of imidazole rings is 1. The molecule has 14 heavy (non-hydrogen) atoms. The molecule has 0 amide bonds. The Bertz CT molecular complexity index is 394. The van der Waals surface area contributed by atoms with Crippen molar-refractivity contribution in [1.29, 1.82) is 0 Å². The standard InChI is InChI=1S/C10H12N4/c11-6-10-5-9(1-2-13-10)7-14-4-3-12-8-14/h1-5,8H,6-7,11H2. The highest BCUT2D eigenvalue weighted by atomic mass is 15.0. The van der Waals surface area contributed by atoms with Crippen LogP contribution in [0.15, 0.2) is 37.1 Å². The van der Waals surface area contributed by atoms with Gasteiger partial charge in [0.2, 0.25) is 0 Å². The van der Waals surface area contributed by atoms with Crippen molar-refractivity contribution in [2.24, 2.45) is 5.73 Å². The summed E-state index contributed by atoms with van der Waals surface area (Å²) >= 11 is 0. The van der Waals surface area contributed by atoms with E-state index < -0.39 is 0 Å². The maximum absolute atomic E-state index is 5.51. The van der Waals surface area contributed by atoms with Crippen LogP contribution in [0, 0.1) is 0 Å². The molecular weight excluding hydrogens is 176 g/mol. The number of aromatic nitrogens is 3. The highest BCUT2D eigenvalue weighted by Crippen LogP contribution is 2.03. The Labute approximate surface area is 82.4 Å². The van der Waals surface area contributed by atoms with Crippen molar-refractivity contribution < 1.29 is 0 Å². The fraction of sp³-hybridized carbons (Fsp3) is 0.200. The van der Waals surface area contributed by atoms with Gasteiger partial charge < -0.3 is 10.3 Å². The Morgan fingerprint density at radius 1 is 1.36 bits per heavy atom. The van der Waals surface area contributed by atoms with Gasteiger partial charge in [0.05, 0.1) is 12.0 Å². The molecule has 4 heteroatoms. The van der Waals surface area contributed by atoms with Crippen molar-refractivity contribution in [3.8, 4) is 0 Å². The third-order valence-corrected chi connectivity index (χ3v) is 2.01. The Kier molecular flexibility index (Phi) is 2.55. The maximum atomic E-state index is 5.51.